The highest BCUT2D eigenvalue weighted by Gasteiger charge is 2.18. The molecule has 0 radical (unpaired) electrons. The minimum Gasteiger partial charge on any atom is -0.490 e. The summed E-state index contributed by atoms with van der Waals surface area (Å²) >= 11 is 0. The van der Waals surface area contributed by atoms with Gasteiger partial charge in [0.1, 0.15) is 5.75 Å². The molecular weight excluding hydrogens is 186 g/mol. The van der Waals surface area contributed by atoms with Gasteiger partial charge in [0.15, 0.2) is 0 Å². The summed E-state index contributed by atoms with van der Waals surface area (Å²) in [4.78, 5) is 0. The van der Waals surface area contributed by atoms with Crippen molar-refractivity contribution in [1.29, 1.82) is 0 Å². The van der Waals surface area contributed by atoms with E-state index in [0.29, 0.717) is 12.6 Å². The molecule has 2 nitrogen and oxygen atoms in total. The first-order chi connectivity index (χ1) is 7.38. The summed E-state index contributed by atoms with van der Waals surface area (Å²) in [6.45, 7) is 0.577. The molecule has 2 rings (SSSR count). The van der Waals surface area contributed by atoms with E-state index in [1.807, 2.05) is 24.3 Å². The average Bonchev–Trinajstić information content (AvgIpc) is 2.21. The Balaban J connectivity index is 2.01. The lowest BCUT2D eigenvalue weighted by Crippen LogP contribution is -2.24. The molecule has 1 aromatic carbocycles. The van der Waals surface area contributed by atoms with E-state index in [0.717, 1.165) is 11.3 Å². The summed E-state index contributed by atoms with van der Waals surface area (Å²) in [5, 5.41) is 0. The van der Waals surface area contributed by atoms with E-state index in [1.165, 1.54) is 19.3 Å². The lowest BCUT2D eigenvalue weighted by atomic mass is 9.96. The average molecular weight is 203 g/mol. The fourth-order valence-electron chi connectivity index (χ4n) is 1.58. The van der Waals surface area contributed by atoms with Crippen molar-refractivity contribution in [3.05, 3.63) is 35.9 Å². The predicted molar refractivity (Wildman–Crippen MR) is 62.8 cm³/mol. The standard InChI is InChI=1S/C13H17NO/c14-9-3-5-11-4-1-8-13(10-11)15-12-6-2-7-12/h1,3-5,8,10,12H,2,6-7,9,14H2/b5-3+. The molecule has 0 unspecified atom stereocenters. The third kappa shape index (κ3) is 2.83. The van der Waals surface area contributed by atoms with Gasteiger partial charge in [0.05, 0.1) is 6.10 Å². The van der Waals surface area contributed by atoms with E-state index in [1.54, 1.807) is 0 Å². The van der Waals surface area contributed by atoms with Crippen molar-refractivity contribution in [1.82, 2.24) is 0 Å². The van der Waals surface area contributed by atoms with Gasteiger partial charge in [-0.2, -0.15) is 0 Å². The quantitative estimate of drug-likeness (QED) is 0.816. The molecule has 1 aliphatic rings. The minimum absolute atomic E-state index is 0.443. The topological polar surface area (TPSA) is 35.2 Å². The van der Waals surface area contributed by atoms with Gasteiger partial charge >= 0.3 is 0 Å². The van der Waals surface area contributed by atoms with Crippen molar-refractivity contribution in [2.24, 2.45) is 5.73 Å². The third-order valence-corrected chi connectivity index (χ3v) is 2.66. The Hall–Kier alpha value is -1.28. The minimum atomic E-state index is 0.443. The van der Waals surface area contributed by atoms with Crippen LogP contribution in [0.1, 0.15) is 24.8 Å². The van der Waals surface area contributed by atoms with Crippen LogP contribution in [0.4, 0.5) is 0 Å². The molecule has 0 amide bonds. The van der Waals surface area contributed by atoms with E-state index in [2.05, 4.69) is 12.1 Å². The summed E-state index contributed by atoms with van der Waals surface area (Å²) in [6.07, 6.45) is 8.11. The monoisotopic (exact) mass is 203 g/mol. The zero-order valence-electron chi connectivity index (χ0n) is 8.86. The number of hydrogen-bond acceptors (Lipinski definition) is 2. The lowest BCUT2D eigenvalue weighted by molar-refractivity contribution is 0.120. The van der Waals surface area contributed by atoms with Crippen LogP contribution in [0, 0.1) is 0 Å². The van der Waals surface area contributed by atoms with Crippen molar-refractivity contribution in [2.45, 2.75) is 25.4 Å². The van der Waals surface area contributed by atoms with E-state index in [-0.39, 0.29) is 0 Å². The van der Waals surface area contributed by atoms with Crippen LogP contribution in [-0.2, 0) is 0 Å². The zero-order valence-corrected chi connectivity index (χ0v) is 8.86. The summed E-state index contributed by atoms with van der Waals surface area (Å²) in [5.41, 5.74) is 6.56. The molecular formula is C13H17NO. The van der Waals surface area contributed by atoms with Crippen LogP contribution >= 0.6 is 0 Å². The van der Waals surface area contributed by atoms with Crippen molar-refractivity contribution in [3.63, 3.8) is 0 Å². The largest absolute Gasteiger partial charge is 0.490 e. The normalized spacial score (nSPS) is 16.6. The number of hydrogen-bond donors (Lipinski definition) is 1. The van der Waals surface area contributed by atoms with E-state index >= 15 is 0 Å². The van der Waals surface area contributed by atoms with Gasteiger partial charge in [-0.05, 0) is 37.0 Å². The maximum Gasteiger partial charge on any atom is 0.120 e. The van der Waals surface area contributed by atoms with Gasteiger partial charge in [0.25, 0.3) is 0 Å². The number of ether oxygens (including phenoxy) is 1. The van der Waals surface area contributed by atoms with Gasteiger partial charge < -0.3 is 10.5 Å². The molecule has 15 heavy (non-hydrogen) atoms. The molecule has 80 valence electrons. The Bertz CT molecular complexity index is 342. The Kier molecular flexibility index (Phi) is 3.41. The fourth-order valence-corrected chi connectivity index (χ4v) is 1.58. The molecule has 0 spiro atoms. The lowest BCUT2D eigenvalue weighted by Gasteiger charge is -2.26. The maximum absolute atomic E-state index is 5.81. The molecule has 0 atom stereocenters. The maximum atomic E-state index is 5.81. The highest BCUT2D eigenvalue weighted by Crippen LogP contribution is 2.25. The van der Waals surface area contributed by atoms with Gasteiger partial charge in [0, 0.05) is 6.54 Å². The second kappa shape index (κ2) is 4.99. The Labute approximate surface area is 90.7 Å². The van der Waals surface area contributed by atoms with Crippen LogP contribution in [0.15, 0.2) is 30.3 Å². The van der Waals surface area contributed by atoms with Gasteiger partial charge in [0.2, 0.25) is 0 Å². The first kappa shape index (κ1) is 10.2. The fraction of sp³-hybridized carbons (Fsp3) is 0.385. The molecule has 0 aliphatic heterocycles. The van der Waals surface area contributed by atoms with Crippen molar-refractivity contribution < 1.29 is 4.74 Å². The highest BCUT2D eigenvalue weighted by atomic mass is 16.5. The Morgan fingerprint density at radius 1 is 1.40 bits per heavy atom. The SMILES string of the molecule is NC/C=C/c1cccc(OC2CCC2)c1. The van der Waals surface area contributed by atoms with Crippen LogP contribution < -0.4 is 10.5 Å². The summed E-state index contributed by atoms with van der Waals surface area (Å²) in [5.74, 6) is 0.971. The highest BCUT2D eigenvalue weighted by molar-refractivity contribution is 5.51. The second-order valence-corrected chi connectivity index (χ2v) is 3.88. The van der Waals surface area contributed by atoms with Crippen LogP contribution in [0.2, 0.25) is 0 Å². The smallest absolute Gasteiger partial charge is 0.120 e. The first-order valence-electron chi connectivity index (χ1n) is 5.52. The van der Waals surface area contributed by atoms with Crippen LogP contribution in [0.3, 0.4) is 0 Å². The molecule has 0 bridgehead atoms. The predicted octanol–water partition coefficient (Wildman–Crippen LogP) is 2.59. The van der Waals surface area contributed by atoms with E-state index in [4.69, 9.17) is 10.5 Å². The van der Waals surface area contributed by atoms with Crippen molar-refractivity contribution in [2.75, 3.05) is 6.54 Å². The molecule has 1 aromatic rings. The molecule has 1 fully saturated rings. The molecule has 2 heteroatoms. The summed E-state index contributed by atoms with van der Waals surface area (Å²) < 4.78 is 5.81. The van der Waals surface area contributed by atoms with Crippen LogP contribution in [0.25, 0.3) is 6.08 Å². The van der Waals surface area contributed by atoms with Gasteiger partial charge in [-0.25, -0.2) is 0 Å². The summed E-state index contributed by atoms with van der Waals surface area (Å²) in [7, 11) is 0. The van der Waals surface area contributed by atoms with Crippen LogP contribution in [-0.4, -0.2) is 12.6 Å². The van der Waals surface area contributed by atoms with Gasteiger partial charge in [-0.15, -0.1) is 0 Å². The molecule has 0 aromatic heterocycles. The molecule has 0 heterocycles. The molecule has 0 saturated heterocycles. The summed E-state index contributed by atoms with van der Waals surface area (Å²) in [6, 6.07) is 8.15. The van der Waals surface area contributed by atoms with Crippen molar-refractivity contribution >= 4 is 6.08 Å². The molecule has 1 aliphatic carbocycles. The molecule has 2 N–H and O–H groups in total. The van der Waals surface area contributed by atoms with E-state index < -0.39 is 0 Å². The number of rotatable bonds is 4. The first-order valence-corrected chi connectivity index (χ1v) is 5.52. The third-order valence-electron chi connectivity index (χ3n) is 2.66. The van der Waals surface area contributed by atoms with Gasteiger partial charge in [-0.1, -0.05) is 24.3 Å². The number of nitrogens with two attached hydrogens (primary N) is 1. The van der Waals surface area contributed by atoms with Crippen LogP contribution in [0.5, 0.6) is 5.75 Å². The van der Waals surface area contributed by atoms with Crippen molar-refractivity contribution in [3.8, 4) is 5.75 Å². The zero-order chi connectivity index (χ0) is 10.5. The Morgan fingerprint density at radius 2 is 2.27 bits per heavy atom. The number of benzene rings is 1. The Morgan fingerprint density at radius 3 is 2.93 bits per heavy atom. The second-order valence-electron chi connectivity index (χ2n) is 3.88. The molecule has 1 saturated carbocycles. The van der Waals surface area contributed by atoms with Gasteiger partial charge in [-0.3, -0.25) is 0 Å². The van der Waals surface area contributed by atoms with E-state index in [9.17, 15) is 0 Å².